The van der Waals surface area contributed by atoms with Crippen LogP contribution in [0.15, 0.2) is 12.7 Å². The zero-order chi connectivity index (χ0) is 7.72. The highest BCUT2D eigenvalue weighted by atomic mass is 79.9. The van der Waals surface area contributed by atoms with E-state index in [0.29, 0.717) is 4.88 Å². The quantitative estimate of drug-likeness (QED) is 0.705. The lowest BCUT2D eigenvalue weighted by Gasteiger charge is -1.82. The average molecular weight is 349 g/mol. The Kier molecular flexibility index (Phi) is 3.09. The van der Waals surface area contributed by atoms with Crippen LogP contribution in [0.1, 0.15) is 9.67 Å². The van der Waals surface area contributed by atoms with Crippen molar-refractivity contribution in [1.82, 2.24) is 0 Å². The Morgan fingerprint density at radius 3 is 2.00 bits per heavy atom. The molecule has 1 heterocycles. The smallest absolute Gasteiger partial charge is 0.161 e. The van der Waals surface area contributed by atoms with Crippen LogP contribution in [0.4, 0.5) is 0 Å². The largest absolute Gasteiger partial charge is 0.297 e. The second-order valence-corrected chi connectivity index (χ2v) is 5.44. The second-order valence-electron chi connectivity index (χ2n) is 1.49. The molecule has 0 amide bonds. The summed E-state index contributed by atoms with van der Waals surface area (Å²) >= 11 is 11.2. The molecule has 1 rings (SSSR count). The lowest BCUT2D eigenvalue weighted by atomic mass is 10.5. The molecule has 0 saturated carbocycles. The number of carbonyl (C=O) groups is 1. The van der Waals surface area contributed by atoms with Crippen molar-refractivity contribution >= 4 is 65.4 Å². The topological polar surface area (TPSA) is 17.1 Å². The fourth-order valence-corrected chi connectivity index (χ4v) is 3.32. The number of halogens is 3. The van der Waals surface area contributed by atoms with E-state index in [1.165, 1.54) is 11.3 Å². The van der Waals surface area contributed by atoms with Crippen molar-refractivity contribution in [2.45, 2.75) is 0 Å². The first kappa shape index (κ1) is 8.90. The molecule has 0 saturated heterocycles. The molecule has 0 N–H and O–H groups in total. The van der Waals surface area contributed by atoms with Gasteiger partial charge in [0.25, 0.3) is 0 Å². The van der Waals surface area contributed by atoms with Crippen molar-refractivity contribution < 1.29 is 4.79 Å². The molecule has 0 bridgehead atoms. The number of hydrogen-bond acceptors (Lipinski definition) is 2. The molecular formula is C5HBr3OS. The van der Waals surface area contributed by atoms with Gasteiger partial charge in [-0.2, -0.15) is 0 Å². The maximum absolute atomic E-state index is 10.3. The molecule has 1 aromatic rings. The molecule has 0 spiro atoms. The fourth-order valence-electron chi connectivity index (χ4n) is 0.456. The standard InChI is InChI=1S/C5HBr3OS/c6-3-2(1-9)10-5(8)4(3)7/h1H. The molecule has 0 aliphatic rings. The minimum absolute atomic E-state index is 0.693. The molecule has 1 nitrogen and oxygen atoms in total. The molecule has 0 unspecified atom stereocenters. The lowest BCUT2D eigenvalue weighted by Crippen LogP contribution is -1.68. The summed E-state index contributed by atoms with van der Waals surface area (Å²) in [6.07, 6.45) is 0.824. The lowest BCUT2D eigenvalue weighted by molar-refractivity contribution is 0.112. The summed E-state index contributed by atoms with van der Waals surface area (Å²) in [5.74, 6) is 0. The normalized spacial score (nSPS) is 9.90. The maximum Gasteiger partial charge on any atom is 0.161 e. The van der Waals surface area contributed by atoms with Gasteiger partial charge in [0.1, 0.15) is 0 Å². The van der Waals surface area contributed by atoms with Crippen molar-refractivity contribution in [2.24, 2.45) is 0 Å². The van der Waals surface area contributed by atoms with Crippen LogP contribution >= 0.6 is 59.1 Å². The first-order chi connectivity index (χ1) is 4.66. The van der Waals surface area contributed by atoms with E-state index >= 15 is 0 Å². The third-order valence-corrected chi connectivity index (χ3v) is 5.88. The van der Waals surface area contributed by atoms with E-state index in [9.17, 15) is 4.79 Å². The van der Waals surface area contributed by atoms with Crippen molar-refractivity contribution in [1.29, 1.82) is 0 Å². The molecular weight excluding hydrogens is 348 g/mol. The van der Waals surface area contributed by atoms with Gasteiger partial charge in [-0.05, 0) is 47.8 Å². The van der Waals surface area contributed by atoms with Crippen LogP contribution in [0.5, 0.6) is 0 Å². The number of aldehydes is 1. The van der Waals surface area contributed by atoms with Crippen LogP contribution in [0.25, 0.3) is 0 Å². The van der Waals surface area contributed by atoms with Gasteiger partial charge < -0.3 is 0 Å². The van der Waals surface area contributed by atoms with Crippen molar-refractivity contribution in [2.75, 3.05) is 0 Å². The maximum atomic E-state index is 10.3. The number of rotatable bonds is 1. The molecule has 1 aromatic heterocycles. The Balaban J connectivity index is 3.30. The Hall–Kier alpha value is 0.810. The van der Waals surface area contributed by atoms with E-state index < -0.39 is 0 Å². The van der Waals surface area contributed by atoms with Crippen LogP contribution in [0.2, 0.25) is 0 Å². The Labute approximate surface area is 87.2 Å². The van der Waals surface area contributed by atoms with Crippen LogP contribution in [-0.4, -0.2) is 6.29 Å². The summed E-state index contributed by atoms with van der Waals surface area (Å²) in [4.78, 5) is 11.0. The fraction of sp³-hybridized carbons (Fsp3) is 0. The van der Waals surface area contributed by atoms with Crippen molar-refractivity contribution in [3.63, 3.8) is 0 Å². The van der Waals surface area contributed by atoms with Gasteiger partial charge in [-0.3, -0.25) is 4.79 Å². The van der Waals surface area contributed by atoms with Crippen LogP contribution in [-0.2, 0) is 0 Å². The first-order valence-electron chi connectivity index (χ1n) is 2.25. The van der Waals surface area contributed by atoms with E-state index in [4.69, 9.17) is 0 Å². The van der Waals surface area contributed by atoms with Gasteiger partial charge >= 0.3 is 0 Å². The minimum Gasteiger partial charge on any atom is -0.297 e. The highest BCUT2D eigenvalue weighted by Gasteiger charge is 2.10. The van der Waals surface area contributed by atoms with E-state index in [1.54, 1.807) is 0 Å². The van der Waals surface area contributed by atoms with E-state index in [2.05, 4.69) is 47.8 Å². The second kappa shape index (κ2) is 3.47. The molecule has 5 heteroatoms. The molecule has 0 atom stereocenters. The van der Waals surface area contributed by atoms with Gasteiger partial charge in [-0.15, -0.1) is 11.3 Å². The SMILES string of the molecule is O=Cc1sc(Br)c(Br)c1Br. The molecule has 0 aliphatic heterocycles. The summed E-state index contributed by atoms with van der Waals surface area (Å²) in [6.45, 7) is 0. The summed E-state index contributed by atoms with van der Waals surface area (Å²) in [5, 5.41) is 0. The Morgan fingerprint density at radius 1 is 1.20 bits per heavy atom. The molecule has 0 radical (unpaired) electrons. The molecule has 0 aromatic carbocycles. The van der Waals surface area contributed by atoms with Crippen LogP contribution in [0.3, 0.4) is 0 Å². The monoisotopic (exact) mass is 346 g/mol. The van der Waals surface area contributed by atoms with Gasteiger partial charge in [0, 0.05) is 0 Å². The van der Waals surface area contributed by atoms with Gasteiger partial charge in [-0.1, -0.05) is 0 Å². The Bertz CT molecular complexity index is 268. The van der Waals surface area contributed by atoms with Crippen molar-refractivity contribution in [3.05, 3.63) is 17.6 Å². The number of thiophene rings is 1. The van der Waals surface area contributed by atoms with Gasteiger partial charge in [0.15, 0.2) is 6.29 Å². The highest BCUT2D eigenvalue weighted by Crippen LogP contribution is 2.39. The third kappa shape index (κ3) is 1.52. The minimum atomic E-state index is 0.693. The third-order valence-electron chi connectivity index (χ3n) is 0.888. The molecule has 10 heavy (non-hydrogen) atoms. The average Bonchev–Trinajstić information content (AvgIpc) is 2.17. The van der Waals surface area contributed by atoms with Crippen LogP contribution < -0.4 is 0 Å². The first-order valence-corrected chi connectivity index (χ1v) is 5.45. The van der Waals surface area contributed by atoms with Gasteiger partial charge in [0.05, 0.1) is 17.6 Å². The molecule has 0 aliphatic carbocycles. The summed E-state index contributed by atoms with van der Waals surface area (Å²) in [6, 6.07) is 0. The van der Waals surface area contributed by atoms with E-state index in [-0.39, 0.29) is 0 Å². The predicted molar refractivity (Wildman–Crippen MR) is 52.8 cm³/mol. The van der Waals surface area contributed by atoms with Gasteiger partial charge in [-0.25, -0.2) is 0 Å². The summed E-state index contributed by atoms with van der Waals surface area (Å²) in [5.41, 5.74) is 0. The van der Waals surface area contributed by atoms with Crippen molar-refractivity contribution in [3.8, 4) is 0 Å². The van der Waals surface area contributed by atoms with E-state index in [1.807, 2.05) is 0 Å². The van der Waals surface area contributed by atoms with Crippen LogP contribution in [0, 0.1) is 0 Å². The number of hydrogen-bond donors (Lipinski definition) is 0. The number of carbonyl (C=O) groups excluding carboxylic acids is 1. The zero-order valence-electron chi connectivity index (χ0n) is 4.53. The van der Waals surface area contributed by atoms with Gasteiger partial charge in [0.2, 0.25) is 0 Å². The zero-order valence-corrected chi connectivity index (χ0v) is 10.1. The van der Waals surface area contributed by atoms with E-state index in [0.717, 1.165) is 19.0 Å². The Morgan fingerprint density at radius 2 is 1.80 bits per heavy atom. The molecule has 54 valence electrons. The predicted octanol–water partition coefficient (Wildman–Crippen LogP) is 3.85. The highest BCUT2D eigenvalue weighted by molar-refractivity contribution is 9.14. The summed E-state index contributed by atoms with van der Waals surface area (Å²) in [7, 11) is 0. The summed E-state index contributed by atoms with van der Waals surface area (Å²) < 4.78 is 2.65. The molecule has 0 fully saturated rings.